The van der Waals surface area contributed by atoms with Gasteiger partial charge in [0.15, 0.2) is 0 Å². The first-order valence-electron chi connectivity index (χ1n) is 5.51. The number of rotatable bonds is 3. The molecule has 3 heteroatoms. The van der Waals surface area contributed by atoms with Crippen LogP contribution in [0.5, 0.6) is 0 Å². The number of nitrogens with one attached hydrogen (secondary N) is 1. The number of carbonyl (C=O) groups is 1. The summed E-state index contributed by atoms with van der Waals surface area (Å²) in [6.07, 6.45) is 5.59. The van der Waals surface area contributed by atoms with E-state index in [1.807, 2.05) is 21.1 Å². The van der Waals surface area contributed by atoms with Crippen molar-refractivity contribution >= 4 is 5.91 Å². The molecule has 1 rings (SSSR count). The largest absolute Gasteiger partial charge is 0.349 e. The molecule has 0 aromatic heterocycles. The van der Waals surface area contributed by atoms with E-state index in [0.717, 1.165) is 6.42 Å². The SMILES string of the molecule is CNC1CCC(CC(=O)N(C)C)CC1. The second kappa shape index (κ2) is 5.35. The van der Waals surface area contributed by atoms with Crippen molar-refractivity contribution in [2.24, 2.45) is 5.92 Å². The molecule has 0 unspecified atom stereocenters. The molecule has 0 atom stereocenters. The van der Waals surface area contributed by atoms with Crippen LogP contribution in [0, 0.1) is 5.92 Å². The zero-order chi connectivity index (χ0) is 10.6. The fourth-order valence-corrected chi connectivity index (χ4v) is 2.08. The van der Waals surface area contributed by atoms with Crippen molar-refractivity contribution in [3.05, 3.63) is 0 Å². The van der Waals surface area contributed by atoms with Gasteiger partial charge >= 0.3 is 0 Å². The van der Waals surface area contributed by atoms with Crippen molar-refractivity contribution < 1.29 is 4.79 Å². The van der Waals surface area contributed by atoms with Crippen molar-refractivity contribution in [2.75, 3.05) is 21.1 Å². The summed E-state index contributed by atoms with van der Waals surface area (Å²) in [6, 6.07) is 0.681. The molecule has 1 saturated carbocycles. The average Bonchev–Trinajstić information content (AvgIpc) is 2.19. The van der Waals surface area contributed by atoms with E-state index in [0.29, 0.717) is 12.0 Å². The second-order valence-electron chi connectivity index (χ2n) is 4.50. The highest BCUT2D eigenvalue weighted by Crippen LogP contribution is 2.26. The number of hydrogen-bond acceptors (Lipinski definition) is 2. The minimum Gasteiger partial charge on any atom is -0.349 e. The number of amides is 1. The first-order valence-corrected chi connectivity index (χ1v) is 5.51. The Morgan fingerprint density at radius 1 is 1.29 bits per heavy atom. The van der Waals surface area contributed by atoms with E-state index in [1.165, 1.54) is 25.7 Å². The van der Waals surface area contributed by atoms with Crippen LogP contribution in [0.2, 0.25) is 0 Å². The highest BCUT2D eigenvalue weighted by Gasteiger charge is 2.22. The molecule has 1 aliphatic rings. The van der Waals surface area contributed by atoms with Gasteiger partial charge in [-0.25, -0.2) is 0 Å². The Morgan fingerprint density at radius 2 is 1.86 bits per heavy atom. The molecule has 0 spiro atoms. The first-order chi connectivity index (χ1) is 6.63. The van der Waals surface area contributed by atoms with E-state index in [-0.39, 0.29) is 5.91 Å². The van der Waals surface area contributed by atoms with Crippen LogP contribution in [0.1, 0.15) is 32.1 Å². The van der Waals surface area contributed by atoms with E-state index in [1.54, 1.807) is 4.90 Å². The lowest BCUT2D eigenvalue weighted by Gasteiger charge is -2.28. The van der Waals surface area contributed by atoms with Gasteiger partial charge in [-0.05, 0) is 38.6 Å². The summed E-state index contributed by atoms with van der Waals surface area (Å²) in [5.41, 5.74) is 0. The van der Waals surface area contributed by atoms with Gasteiger partial charge in [0.25, 0.3) is 0 Å². The highest BCUT2D eigenvalue weighted by atomic mass is 16.2. The quantitative estimate of drug-likeness (QED) is 0.740. The molecule has 1 aliphatic carbocycles. The Bertz CT molecular complexity index is 184. The van der Waals surface area contributed by atoms with Crippen LogP contribution in [0.15, 0.2) is 0 Å². The predicted molar refractivity (Wildman–Crippen MR) is 58.1 cm³/mol. The van der Waals surface area contributed by atoms with E-state index >= 15 is 0 Å². The maximum Gasteiger partial charge on any atom is 0.222 e. The van der Waals surface area contributed by atoms with Gasteiger partial charge in [-0.2, -0.15) is 0 Å². The van der Waals surface area contributed by atoms with Gasteiger partial charge in [0.1, 0.15) is 0 Å². The predicted octanol–water partition coefficient (Wildman–Crippen LogP) is 1.24. The third-order valence-corrected chi connectivity index (χ3v) is 3.22. The molecular weight excluding hydrogens is 176 g/mol. The van der Waals surface area contributed by atoms with Crippen molar-refractivity contribution in [1.29, 1.82) is 0 Å². The molecule has 14 heavy (non-hydrogen) atoms. The van der Waals surface area contributed by atoms with Crippen LogP contribution in [0.4, 0.5) is 0 Å². The monoisotopic (exact) mass is 198 g/mol. The van der Waals surface area contributed by atoms with Gasteiger partial charge < -0.3 is 10.2 Å². The zero-order valence-electron chi connectivity index (χ0n) is 9.55. The first kappa shape index (κ1) is 11.5. The van der Waals surface area contributed by atoms with Crippen molar-refractivity contribution in [3.8, 4) is 0 Å². The molecule has 82 valence electrons. The lowest BCUT2D eigenvalue weighted by molar-refractivity contribution is -0.129. The summed E-state index contributed by atoms with van der Waals surface area (Å²) >= 11 is 0. The summed E-state index contributed by atoms with van der Waals surface area (Å²) in [5, 5.41) is 3.31. The summed E-state index contributed by atoms with van der Waals surface area (Å²) in [4.78, 5) is 13.2. The maximum atomic E-state index is 11.5. The smallest absolute Gasteiger partial charge is 0.222 e. The maximum absolute atomic E-state index is 11.5. The Labute approximate surface area is 86.9 Å². The van der Waals surface area contributed by atoms with Crippen LogP contribution in [0.3, 0.4) is 0 Å². The van der Waals surface area contributed by atoms with Gasteiger partial charge in [-0.1, -0.05) is 0 Å². The highest BCUT2D eigenvalue weighted by molar-refractivity contribution is 5.75. The number of carbonyl (C=O) groups excluding carboxylic acids is 1. The Kier molecular flexibility index (Phi) is 4.39. The van der Waals surface area contributed by atoms with Crippen LogP contribution < -0.4 is 5.32 Å². The van der Waals surface area contributed by atoms with Crippen molar-refractivity contribution in [1.82, 2.24) is 10.2 Å². The average molecular weight is 198 g/mol. The molecule has 1 fully saturated rings. The molecule has 3 nitrogen and oxygen atoms in total. The number of hydrogen-bond donors (Lipinski definition) is 1. The molecule has 0 saturated heterocycles. The molecule has 0 aromatic rings. The molecule has 0 heterocycles. The fraction of sp³-hybridized carbons (Fsp3) is 0.909. The Morgan fingerprint density at radius 3 is 2.29 bits per heavy atom. The molecule has 0 aromatic carbocycles. The summed E-state index contributed by atoms with van der Waals surface area (Å²) in [5.74, 6) is 0.896. The molecular formula is C11H22N2O. The zero-order valence-corrected chi connectivity index (χ0v) is 9.55. The molecule has 0 aliphatic heterocycles. The molecule has 0 bridgehead atoms. The second-order valence-corrected chi connectivity index (χ2v) is 4.50. The van der Waals surface area contributed by atoms with Gasteiger partial charge in [0, 0.05) is 26.6 Å². The lowest BCUT2D eigenvalue weighted by atomic mass is 9.84. The Balaban J connectivity index is 2.25. The van der Waals surface area contributed by atoms with Crippen molar-refractivity contribution in [2.45, 2.75) is 38.1 Å². The standard InChI is InChI=1S/C11H22N2O/c1-12-10-6-4-9(5-7-10)8-11(14)13(2)3/h9-10,12H,4-8H2,1-3H3. The van der Waals surface area contributed by atoms with Gasteiger partial charge in [0.2, 0.25) is 5.91 Å². The topological polar surface area (TPSA) is 32.3 Å². The van der Waals surface area contributed by atoms with Crippen LogP contribution in [0.25, 0.3) is 0 Å². The van der Waals surface area contributed by atoms with E-state index in [2.05, 4.69) is 5.32 Å². The molecule has 1 amide bonds. The normalized spacial score (nSPS) is 27.4. The Hall–Kier alpha value is -0.570. The summed E-state index contributed by atoms with van der Waals surface area (Å²) in [6.45, 7) is 0. The summed E-state index contributed by atoms with van der Waals surface area (Å²) in [7, 11) is 5.69. The lowest BCUT2D eigenvalue weighted by Crippen LogP contribution is -2.32. The van der Waals surface area contributed by atoms with Crippen LogP contribution in [-0.4, -0.2) is 38.0 Å². The third-order valence-electron chi connectivity index (χ3n) is 3.22. The van der Waals surface area contributed by atoms with Gasteiger partial charge in [-0.3, -0.25) is 4.79 Å². The minimum atomic E-state index is 0.276. The minimum absolute atomic E-state index is 0.276. The van der Waals surface area contributed by atoms with Crippen LogP contribution in [-0.2, 0) is 4.79 Å². The van der Waals surface area contributed by atoms with Crippen molar-refractivity contribution in [3.63, 3.8) is 0 Å². The van der Waals surface area contributed by atoms with Gasteiger partial charge in [-0.15, -0.1) is 0 Å². The third kappa shape index (κ3) is 3.29. The van der Waals surface area contributed by atoms with E-state index < -0.39 is 0 Å². The fourth-order valence-electron chi connectivity index (χ4n) is 2.08. The van der Waals surface area contributed by atoms with E-state index in [9.17, 15) is 4.79 Å². The summed E-state index contributed by atoms with van der Waals surface area (Å²) < 4.78 is 0. The molecule has 1 N–H and O–H groups in total. The molecule has 0 radical (unpaired) electrons. The number of nitrogens with zero attached hydrogens (tertiary/aromatic N) is 1. The van der Waals surface area contributed by atoms with E-state index in [4.69, 9.17) is 0 Å². The van der Waals surface area contributed by atoms with Crippen LogP contribution >= 0.6 is 0 Å². The van der Waals surface area contributed by atoms with Gasteiger partial charge in [0.05, 0.1) is 0 Å².